The number of ether oxygens (including phenoxy) is 1. The number of carbonyl (C=O) groups excluding carboxylic acids is 1. The van der Waals surface area contributed by atoms with Gasteiger partial charge in [0.15, 0.2) is 0 Å². The molecule has 0 N–H and O–H groups in total. The van der Waals surface area contributed by atoms with Crippen molar-refractivity contribution in [2.75, 3.05) is 32.1 Å². The van der Waals surface area contributed by atoms with Crippen LogP contribution in [0.3, 0.4) is 0 Å². The van der Waals surface area contributed by atoms with Crippen molar-refractivity contribution in [1.29, 1.82) is 0 Å². The molecule has 3 heterocycles. The molecule has 1 amide bonds. The van der Waals surface area contributed by atoms with Gasteiger partial charge in [0.05, 0.1) is 6.54 Å². The van der Waals surface area contributed by atoms with Crippen molar-refractivity contribution in [1.82, 2.24) is 19.4 Å². The van der Waals surface area contributed by atoms with Gasteiger partial charge >= 0.3 is 0 Å². The molecule has 0 unspecified atom stereocenters. The number of carbonyl (C=O) groups is 1. The highest BCUT2D eigenvalue weighted by Gasteiger charge is 2.29. The minimum absolute atomic E-state index is 0.0378. The minimum Gasteiger partial charge on any atom is -0.472 e. The van der Waals surface area contributed by atoms with E-state index in [-0.39, 0.29) is 12.0 Å². The summed E-state index contributed by atoms with van der Waals surface area (Å²) in [7, 11) is 5.71. The molecule has 0 bridgehead atoms. The number of hydrogen-bond donors (Lipinski definition) is 0. The number of likely N-dealkylation sites (tertiary alicyclic amines) is 1. The van der Waals surface area contributed by atoms with Crippen LogP contribution < -0.4 is 9.64 Å². The van der Waals surface area contributed by atoms with Crippen LogP contribution in [0.25, 0.3) is 0 Å². The highest BCUT2D eigenvalue weighted by Crippen LogP contribution is 2.20. The first-order valence-corrected chi connectivity index (χ1v) is 7.61. The van der Waals surface area contributed by atoms with Crippen LogP contribution in [0.15, 0.2) is 30.7 Å². The van der Waals surface area contributed by atoms with E-state index < -0.39 is 0 Å². The highest BCUT2D eigenvalue weighted by molar-refractivity contribution is 5.93. The monoisotopic (exact) mass is 315 g/mol. The standard InChI is InChI=1S/C16H21N5O2/c1-19(2)14-9-15(18-11-17-14)23-12-6-8-21(10-12)16(22)13-5-4-7-20(13)3/h4-5,7,9,11-12H,6,8,10H2,1-3H3/t12-/m1/s1. The van der Waals surface area contributed by atoms with E-state index in [1.54, 1.807) is 0 Å². The molecule has 2 aromatic rings. The van der Waals surface area contributed by atoms with Gasteiger partial charge in [0.1, 0.15) is 23.9 Å². The number of aromatic nitrogens is 3. The Morgan fingerprint density at radius 3 is 2.91 bits per heavy atom. The van der Waals surface area contributed by atoms with E-state index in [9.17, 15) is 4.79 Å². The Balaban J connectivity index is 1.63. The maximum Gasteiger partial charge on any atom is 0.270 e. The summed E-state index contributed by atoms with van der Waals surface area (Å²) in [4.78, 5) is 24.5. The third-order valence-corrected chi connectivity index (χ3v) is 3.97. The quantitative estimate of drug-likeness (QED) is 0.847. The van der Waals surface area contributed by atoms with Gasteiger partial charge in [-0.05, 0) is 12.1 Å². The molecule has 3 rings (SSSR count). The van der Waals surface area contributed by atoms with Gasteiger partial charge in [0.25, 0.3) is 5.91 Å². The molecule has 1 aliphatic heterocycles. The fourth-order valence-corrected chi connectivity index (χ4v) is 2.66. The molecule has 1 aliphatic rings. The van der Waals surface area contributed by atoms with Crippen LogP contribution in [0, 0.1) is 0 Å². The number of aryl methyl sites for hydroxylation is 1. The van der Waals surface area contributed by atoms with Crippen LogP contribution >= 0.6 is 0 Å². The molecule has 0 saturated carbocycles. The third kappa shape index (κ3) is 3.28. The van der Waals surface area contributed by atoms with Gasteiger partial charge in [-0.2, -0.15) is 0 Å². The Labute approximate surface area is 135 Å². The lowest BCUT2D eigenvalue weighted by molar-refractivity contribution is 0.0762. The molecule has 0 aliphatic carbocycles. The van der Waals surface area contributed by atoms with Crippen molar-refractivity contribution in [2.45, 2.75) is 12.5 Å². The van der Waals surface area contributed by atoms with Crippen LogP contribution in [-0.4, -0.2) is 58.6 Å². The SMILES string of the molecule is CN(C)c1cc(O[C@@H]2CCN(C(=O)c3cccn3C)C2)ncn1. The van der Waals surface area contributed by atoms with Crippen LogP contribution in [0.4, 0.5) is 5.82 Å². The van der Waals surface area contributed by atoms with Gasteiger partial charge in [-0.15, -0.1) is 0 Å². The average Bonchev–Trinajstić information content (AvgIpc) is 3.16. The van der Waals surface area contributed by atoms with Crippen molar-refractivity contribution in [2.24, 2.45) is 7.05 Å². The summed E-state index contributed by atoms with van der Waals surface area (Å²) in [6.07, 6.45) is 4.13. The summed E-state index contributed by atoms with van der Waals surface area (Å²) in [6, 6.07) is 5.52. The zero-order chi connectivity index (χ0) is 16.4. The van der Waals surface area contributed by atoms with Gasteiger partial charge in [0, 0.05) is 46.4 Å². The van der Waals surface area contributed by atoms with Crippen molar-refractivity contribution in [3.63, 3.8) is 0 Å². The Morgan fingerprint density at radius 1 is 1.39 bits per heavy atom. The first-order chi connectivity index (χ1) is 11.0. The van der Waals surface area contributed by atoms with Crippen LogP contribution in [0.1, 0.15) is 16.9 Å². The Hall–Kier alpha value is -2.57. The fraction of sp³-hybridized carbons (Fsp3) is 0.438. The second-order valence-electron chi connectivity index (χ2n) is 5.89. The van der Waals surface area contributed by atoms with E-state index in [1.165, 1.54) is 6.33 Å². The second kappa shape index (κ2) is 6.28. The topological polar surface area (TPSA) is 63.5 Å². The third-order valence-electron chi connectivity index (χ3n) is 3.97. The van der Waals surface area contributed by atoms with Gasteiger partial charge in [-0.25, -0.2) is 9.97 Å². The summed E-state index contributed by atoms with van der Waals surface area (Å²) >= 11 is 0. The zero-order valence-electron chi connectivity index (χ0n) is 13.6. The van der Waals surface area contributed by atoms with E-state index in [1.807, 2.05) is 59.9 Å². The average molecular weight is 315 g/mol. The largest absolute Gasteiger partial charge is 0.472 e. The molecule has 1 atom stereocenters. The van der Waals surface area contributed by atoms with E-state index in [0.29, 0.717) is 24.7 Å². The number of rotatable bonds is 4. The molecule has 122 valence electrons. The Morgan fingerprint density at radius 2 is 2.22 bits per heavy atom. The van der Waals surface area contributed by atoms with Crippen molar-refractivity contribution in [3.8, 4) is 5.88 Å². The molecule has 1 fully saturated rings. The van der Waals surface area contributed by atoms with Gasteiger partial charge in [-0.1, -0.05) is 0 Å². The van der Waals surface area contributed by atoms with E-state index >= 15 is 0 Å². The number of nitrogens with zero attached hydrogens (tertiary/aromatic N) is 5. The second-order valence-corrected chi connectivity index (χ2v) is 5.89. The summed E-state index contributed by atoms with van der Waals surface area (Å²) in [6.45, 7) is 1.27. The maximum absolute atomic E-state index is 12.5. The van der Waals surface area contributed by atoms with Crippen molar-refractivity contribution >= 4 is 11.7 Å². The minimum atomic E-state index is -0.0378. The number of hydrogen-bond acceptors (Lipinski definition) is 5. The smallest absolute Gasteiger partial charge is 0.270 e. The molecular formula is C16H21N5O2. The van der Waals surface area contributed by atoms with Crippen molar-refractivity contribution < 1.29 is 9.53 Å². The summed E-state index contributed by atoms with van der Waals surface area (Å²) in [5.41, 5.74) is 0.697. The van der Waals surface area contributed by atoms with Crippen LogP contribution in [0.5, 0.6) is 5.88 Å². The van der Waals surface area contributed by atoms with Gasteiger partial charge in [-0.3, -0.25) is 4.79 Å². The summed E-state index contributed by atoms with van der Waals surface area (Å²) in [5.74, 6) is 1.38. The molecule has 0 spiro atoms. The maximum atomic E-state index is 12.5. The van der Waals surface area contributed by atoms with Gasteiger partial charge in [0.2, 0.25) is 5.88 Å². The predicted octanol–water partition coefficient (Wildman–Crippen LogP) is 1.17. The molecule has 7 heteroatoms. The van der Waals surface area contributed by atoms with Crippen LogP contribution in [-0.2, 0) is 7.05 Å². The van der Waals surface area contributed by atoms with E-state index in [2.05, 4.69) is 9.97 Å². The first kappa shape index (κ1) is 15.3. The zero-order valence-corrected chi connectivity index (χ0v) is 13.6. The Bertz CT molecular complexity index is 697. The van der Waals surface area contributed by atoms with E-state index in [0.717, 1.165) is 12.2 Å². The number of anilines is 1. The molecule has 23 heavy (non-hydrogen) atoms. The first-order valence-electron chi connectivity index (χ1n) is 7.61. The summed E-state index contributed by atoms with van der Waals surface area (Å²) in [5, 5.41) is 0. The normalized spacial score (nSPS) is 17.3. The van der Waals surface area contributed by atoms with E-state index in [4.69, 9.17) is 4.74 Å². The summed E-state index contributed by atoms with van der Waals surface area (Å²) < 4.78 is 7.75. The molecule has 1 saturated heterocycles. The molecular weight excluding hydrogens is 294 g/mol. The fourth-order valence-electron chi connectivity index (χ4n) is 2.66. The predicted molar refractivity (Wildman–Crippen MR) is 86.7 cm³/mol. The lowest BCUT2D eigenvalue weighted by atomic mass is 10.3. The lowest BCUT2D eigenvalue weighted by Crippen LogP contribution is -2.32. The Kier molecular flexibility index (Phi) is 4.18. The lowest BCUT2D eigenvalue weighted by Gasteiger charge is -2.18. The molecule has 0 aromatic carbocycles. The number of amides is 1. The molecule has 7 nitrogen and oxygen atoms in total. The van der Waals surface area contributed by atoms with Crippen molar-refractivity contribution in [3.05, 3.63) is 36.4 Å². The molecule has 2 aromatic heterocycles. The van der Waals surface area contributed by atoms with Crippen LogP contribution in [0.2, 0.25) is 0 Å². The molecule has 0 radical (unpaired) electrons. The van der Waals surface area contributed by atoms with Gasteiger partial charge < -0.3 is 19.1 Å². The highest BCUT2D eigenvalue weighted by atomic mass is 16.5.